The first-order valence-electron chi connectivity index (χ1n) is 8.34. The van der Waals surface area contributed by atoms with Crippen molar-refractivity contribution in [3.63, 3.8) is 0 Å². The molecule has 1 unspecified atom stereocenters. The molecule has 1 amide bonds. The molecule has 3 heterocycles. The normalized spacial score (nSPS) is 21.6. The lowest BCUT2D eigenvalue weighted by Gasteiger charge is -2.33. The Balaban J connectivity index is 0.00000144. The molecule has 0 aliphatic carbocycles. The third-order valence-corrected chi connectivity index (χ3v) is 5.14. The largest absolute Gasteiger partial charge is 0.337 e. The Bertz CT molecular complexity index is 509. The van der Waals surface area contributed by atoms with Crippen molar-refractivity contribution in [1.82, 2.24) is 20.5 Å². The van der Waals surface area contributed by atoms with Crippen LogP contribution < -0.4 is 10.6 Å². The zero-order valence-corrected chi connectivity index (χ0v) is 15.8. The van der Waals surface area contributed by atoms with Gasteiger partial charge in [0.15, 0.2) is 0 Å². The lowest BCUT2D eigenvalue weighted by molar-refractivity contribution is -0.133. The Hall–Kier alpha value is -0.880. The lowest BCUT2D eigenvalue weighted by atomic mass is 9.77. The minimum atomic E-state index is -0.0140. The number of aromatic nitrogens is 1. The van der Waals surface area contributed by atoms with Crippen molar-refractivity contribution in [3.05, 3.63) is 30.1 Å². The van der Waals surface area contributed by atoms with Gasteiger partial charge in [-0.25, -0.2) is 0 Å². The molecule has 2 aliphatic heterocycles. The number of nitrogens with zero attached hydrogens (tertiary/aromatic N) is 2. The maximum atomic E-state index is 12.8. The Labute approximate surface area is 156 Å². The van der Waals surface area contributed by atoms with Gasteiger partial charge in [0.1, 0.15) is 0 Å². The summed E-state index contributed by atoms with van der Waals surface area (Å²) in [5.41, 5.74) is 1.47. The van der Waals surface area contributed by atoms with Gasteiger partial charge in [0, 0.05) is 32.0 Å². The fourth-order valence-corrected chi connectivity index (χ4v) is 3.70. The minimum Gasteiger partial charge on any atom is -0.337 e. The van der Waals surface area contributed by atoms with Crippen molar-refractivity contribution >= 4 is 30.7 Å². The first kappa shape index (κ1) is 21.2. The van der Waals surface area contributed by atoms with Gasteiger partial charge in [-0.1, -0.05) is 0 Å². The van der Waals surface area contributed by atoms with Gasteiger partial charge in [0.2, 0.25) is 5.91 Å². The van der Waals surface area contributed by atoms with Gasteiger partial charge in [-0.2, -0.15) is 0 Å². The number of piperidine rings is 1. The molecular weight excluding hydrogens is 347 g/mol. The SMILES string of the molecule is CCN(Cc1ccncc1)C(=O)C1CC2(CCNCC2)CN1.Cl.Cl. The molecule has 24 heavy (non-hydrogen) atoms. The molecule has 1 atom stereocenters. The number of likely N-dealkylation sites (N-methyl/N-ethyl adjacent to an activating group) is 1. The number of halogens is 2. The van der Waals surface area contributed by atoms with E-state index in [4.69, 9.17) is 0 Å². The number of hydrogen-bond acceptors (Lipinski definition) is 4. The van der Waals surface area contributed by atoms with E-state index < -0.39 is 0 Å². The highest BCUT2D eigenvalue weighted by atomic mass is 35.5. The summed E-state index contributed by atoms with van der Waals surface area (Å²) in [6, 6.07) is 3.94. The number of pyridine rings is 1. The molecule has 0 aromatic carbocycles. The maximum absolute atomic E-state index is 12.8. The first-order chi connectivity index (χ1) is 10.7. The second-order valence-electron chi connectivity index (χ2n) is 6.60. The molecule has 2 saturated heterocycles. The second-order valence-corrected chi connectivity index (χ2v) is 6.60. The highest BCUT2D eigenvalue weighted by Crippen LogP contribution is 2.37. The summed E-state index contributed by atoms with van der Waals surface area (Å²) in [7, 11) is 0. The van der Waals surface area contributed by atoms with Gasteiger partial charge in [0.25, 0.3) is 0 Å². The van der Waals surface area contributed by atoms with Crippen LogP contribution >= 0.6 is 24.8 Å². The lowest BCUT2D eigenvalue weighted by Crippen LogP contribution is -2.43. The quantitative estimate of drug-likeness (QED) is 0.845. The van der Waals surface area contributed by atoms with E-state index in [2.05, 4.69) is 15.6 Å². The highest BCUT2D eigenvalue weighted by molar-refractivity contribution is 5.85. The fraction of sp³-hybridized carbons (Fsp3) is 0.647. The van der Waals surface area contributed by atoms with Crippen LogP contribution in [-0.4, -0.2) is 48.0 Å². The van der Waals surface area contributed by atoms with E-state index in [0.29, 0.717) is 12.0 Å². The van der Waals surface area contributed by atoms with Crippen LogP contribution in [0, 0.1) is 5.41 Å². The van der Waals surface area contributed by atoms with Crippen molar-refractivity contribution in [2.24, 2.45) is 5.41 Å². The molecule has 7 heteroatoms. The zero-order valence-electron chi connectivity index (χ0n) is 14.2. The number of nitrogens with one attached hydrogen (secondary N) is 2. The van der Waals surface area contributed by atoms with Crippen LogP contribution in [-0.2, 0) is 11.3 Å². The van der Waals surface area contributed by atoms with Crippen molar-refractivity contribution in [2.75, 3.05) is 26.2 Å². The smallest absolute Gasteiger partial charge is 0.240 e. The van der Waals surface area contributed by atoms with Crippen LogP contribution in [0.2, 0.25) is 0 Å². The average Bonchev–Trinajstić information content (AvgIpc) is 2.97. The summed E-state index contributed by atoms with van der Waals surface area (Å²) in [6.07, 6.45) is 6.91. The number of hydrogen-bond donors (Lipinski definition) is 2. The molecular formula is C17H28Cl2N4O. The Kier molecular flexibility index (Phi) is 8.43. The number of rotatable bonds is 4. The standard InChI is InChI=1S/C17H26N4O.2ClH/c1-2-21(12-14-3-7-18-8-4-14)16(22)15-11-17(13-20-15)5-9-19-10-6-17;;/h3-4,7-8,15,19-20H,2,5-6,9-13H2,1H3;2*1H. The summed E-state index contributed by atoms with van der Waals surface area (Å²) < 4.78 is 0. The van der Waals surface area contributed by atoms with Crippen molar-refractivity contribution in [3.8, 4) is 0 Å². The van der Waals surface area contributed by atoms with Crippen LogP contribution in [0.25, 0.3) is 0 Å². The van der Waals surface area contributed by atoms with Crippen LogP contribution in [0.4, 0.5) is 0 Å². The molecule has 2 N–H and O–H groups in total. The number of amides is 1. The number of carbonyl (C=O) groups excluding carboxylic acids is 1. The van der Waals surface area contributed by atoms with Crippen molar-refractivity contribution in [2.45, 2.75) is 38.8 Å². The summed E-state index contributed by atoms with van der Waals surface area (Å²) in [5, 5.41) is 6.90. The highest BCUT2D eigenvalue weighted by Gasteiger charge is 2.42. The predicted octanol–water partition coefficient (Wildman–Crippen LogP) is 2.01. The predicted molar refractivity (Wildman–Crippen MR) is 101 cm³/mol. The van der Waals surface area contributed by atoms with Gasteiger partial charge in [-0.3, -0.25) is 9.78 Å². The molecule has 136 valence electrons. The van der Waals surface area contributed by atoms with Gasteiger partial charge < -0.3 is 15.5 Å². The minimum absolute atomic E-state index is 0. The summed E-state index contributed by atoms with van der Waals surface area (Å²) in [5.74, 6) is 0.245. The Morgan fingerprint density at radius 1 is 1.29 bits per heavy atom. The van der Waals surface area contributed by atoms with Gasteiger partial charge in [-0.05, 0) is 62.4 Å². The first-order valence-corrected chi connectivity index (χ1v) is 8.34. The second kappa shape index (κ2) is 9.56. The third-order valence-electron chi connectivity index (χ3n) is 5.14. The summed E-state index contributed by atoms with van der Waals surface area (Å²) in [6.45, 7) is 6.61. The molecule has 0 saturated carbocycles. The molecule has 2 aliphatic rings. The van der Waals surface area contributed by atoms with E-state index >= 15 is 0 Å². The monoisotopic (exact) mass is 374 g/mol. The molecule has 0 bridgehead atoms. The van der Waals surface area contributed by atoms with Gasteiger partial charge in [0.05, 0.1) is 6.04 Å². The number of carbonyl (C=O) groups is 1. The van der Waals surface area contributed by atoms with E-state index in [0.717, 1.165) is 38.2 Å². The van der Waals surface area contributed by atoms with Gasteiger partial charge >= 0.3 is 0 Å². The Morgan fingerprint density at radius 2 is 1.96 bits per heavy atom. The van der Waals surface area contributed by atoms with E-state index in [9.17, 15) is 4.79 Å². The topological polar surface area (TPSA) is 57.3 Å². The maximum Gasteiger partial charge on any atom is 0.240 e. The van der Waals surface area contributed by atoms with E-state index in [1.54, 1.807) is 12.4 Å². The molecule has 5 nitrogen and oxygen atoms in total. The van der Waals surface area contributed by atoms with E-state index in [-0.39, 0.29) is 36.8 Å². The summed E-state index contributed by atoms with van der Waals surface area (Å²) in [4.78, 5) is 18.8. The van der Waals surface area contributed by atoms with E-state index in [1.807, 2.05) is 24.0 Å². The zero-order chi connectivity index (χ0) is 15.4. The van der Waals surface area contributed by atoms with Crippen molar-refractivity contribution < 1.29 is 4.79 Å². The Morgan fingerprint density at radius 3 is 2.58 bits per heavy atom. The molecule has 3 rings (SSSR count). The van der Waals surface area contributed by atoms with Crippen LogP contribution in [0.3, 0.4) is 0 Å². The fourth-order valence-electron chi connectivity index (χ4n) is 3.70. The van der Waals surface area contributed by atoms with Crippen LogP contribution in [0.5, 0.6) is 0 Å². The molecule has 0 radical (unpaired) electrons. The third kappa shape index (κ3) is 4.82. The van der Waals surface area contributed by atoms with Crippen LogP contribution in [0.15, 0.2) is 24.5 Å². The van der Waals surface area contributed by atoms with Crippen LogP contribution in [0.1, 0.15) is 31.7 Å². The average molecular weight is 375 g/mol. The van der Waals surface area contributed by atoms with Crippen molar-refractivity contribution in [1.29, 1.82) is 0 Å². The van der Waals surface area contributed by atoms with E-state index in [1.165, 1.54) is 12.8 Å². The molecule has 1 spiro atoms. The van der Waals surface area contributed by atoms with Gasteiger partial charge in [-0.15, -0.1) is 24.8 Å². The summed E-state index contributed by atoms with van der Waals surface area (Å²) >= 11 is 0. The molecule has 1 aromatic rings. The molecule has 1 aromatic heterocycles. The molecule has 2 fully saturated rings.